The fourth-order valence-corrected chi connectivity index (χ4v) is 4.78. The molecule has 1 aliphatic heterocycles. The summed E-state index contributed by atoms with van der Waals surface area (Å²) in [7, 11) is 1.60. The van der Waals surface area contributed by atoms with Crippen molar-refractivity contribution in [3.8, 4) is 5.75 Å². The summed E-state index contributed by atoms with van der Waals surface area (Å²) >= 11 is 1.29. The van der Waals surface area contributed by atoms with Crippen LogP contribution in [0.5, 0.6) is 5.75 Å². The van der Waals surface area contributed by atoms with E-state index in [0.29, 0.717) is 26.4 Å². The number of nitrogens with zero attached hydrogens (tertiary/aromatic N) is 2. The van der Waals surface area contributed by atoms with Crippen LogP contribution in [0.2, 0.25) is 0 Å². The highest BCUT2D eigenvalue weighted by atomic mass is 32.1. The lowest BCUT2D eigenvalue weighted by molar-refractivity contribution is -0.143. The van der Waals surface area contributed by atoms with Gasteiger partial charge in [0.2, 0.25) is 0 Å². The monoisotopic (exact) mass is 448 g/mol. The number of rotatable bonds is 5. The molecule has 2 aromatic carbocycles. The molecule has 164 valence electrons. The summed E-state index contributed by atoms with van der Waals surface area (Å²) in [5.41, 5.74) is 2.33. The van der Waals surface area contributed by atoms with E-state index in [2.05, 4.69) is 4.99 Å². The highest BCUT2D eigenvalue weighted by molar-refractivity contribution is 7.07. The number of para-hydroxylation sites is 1. The average Bonchev–Trinajstić information content (AvgIpc) is 3.07. The van der Waals surface area contributed by atoms with Gasteiger partial charge in [-0.3, -0.25) is 9.36 Å². The Morgan fingerprint density at radius 3 is 2.50 bits per heavy atom. The van der Waals surface area contributed by atoms with Crippen molar-refractivity contribution in [2.75, 3.05) is 7.11 Å². The number of fused-ring (bicyclic) bond motifs is 1. The lowest BCUT2D eigenvalue weighted by Gasteiger charge is -2.25. The van der Waals surface area contributed by atoms with Crippen LogP contribution < -0.4 is 19.6 Å². The molecule has 1 unspecified atom stereocenters. The van der Waals surface area contributed by atoms with Crippen LogP contribution in [0.4, 0.5) is 0 Å². The van der Waals surface area contributed by atoms with Crippen LogP contribution in [0.25, 0.3) is 6.08 Å². The highest BCUT2D eigenvalue weighted by Crippen LogP contribution is 2.30. The van der Waals surface area contributed by atoms with Crippen molar-refractivity contribution in [1.82, 2.24) is 4.57 Å². The van der Waals surface area contributed by atoms with Crippen molar-refractivity contribution >= 4 is 23.4 Å². The average molecular weight is 449 g/mol. The molecule has 6 nitrogen and oxygen atoms in total. The van der Waals surface area contributed by atoms with E-state index in [1.165, 1.54) is 11.3 Å². The Morgan fingerprint density at radius 2 is 1.81 bits per heavy atom. The maximum atomic E-state index is 13.6. The predicted octanol–water partition coefficient (Wildman–Crippen LogP) is 3.20. The zero-order chi connectivity index (χ0) is 22.8. The Kier molecular flexibility index (Phi) is 6.10. The summed E-state index contributed by atoms with van der Waals surface area (Å²) in [5, 5.41) is 0. The van der Waals surface area contributed by atoms with Crippen LogP contribution in [0.3, 0.4) is 0 Å². The van der Waals surface area contributed by atoms with Gasteiger partial charge in [0.15, 0.2) is 4.80 Å². The van der Waals surface area contributed by atoms with Gasteiger partial charge in [-0.15, -0.1) is 0 Å². The molecule has 0 aliphatic carbocycles. The molecule has 4 rings (SSSR count). The van der Waals surface area contributed by atoms with Crippen molar-refractivity contribution in [2.45, 2.75) is 32.9 Å². The molecule has 0 saturated heterocycles. The summed E-state index contributed by atoms with van der Waals surface area (Å²) in [5.74, 6) is 0.212. The molecule has 1 aliphatic rings. The molecule has 0 spiro atoms. The third kappa shape index (κ3) is 4.03. The van der Waals surface area contributed by atoms with Crippen molar-refractivity contribution in [1.29, 1.82) is 0 Å². The van der Waals surface area contributed by atoms with Gasteiger partial charge in [0, 0.05) is 5.56 Å². The Hall–Kier alpha value is -3.45. The molecule has 0 fully saturated rings. The molecule has 0 amide bonds. The number of carbonyl (C=O) groups excluding carboxylic acids is 1. The molecule has 0 radical (unpaired) electrons. The topological polar surface area (TPSA) is 69.9 Å². The standard InChI is InChI=1S/C25H24N2O4S/c1-15(2)31-24(29)21-16(3)26-25-27(22(21)17-10-6-5-7-11-17)23(28)20(32-25)14-18-12-8-9-13-19(18)30-4/h5-15,22H,1-4H3. The van der Waals surface area contributed by atoms with Crippen LogP contribution >= 0.6 is 11.3 Å². The third-order valence-corrected chi connectivity index (χ3v) is 6.11. The number of methoxy groups -OCH3 is 1. The van der Waals surface area contributed by atoms with Gasteiger partial charge < -0.3 is 9.47 Å². The van der Waals surface area contributed by atoms with Gasteiger partial charge in [0.1, 0.15) is 5.75 Å². The zero-order valence-corrected chi connectivity index (χ0v) is 19.2. The van der Waals surface area contributed by atoms with E-state index >= 15 is 0 Å². The number of hydrogen-bond acceptors (Lipinski definition) is 6. The van der Waals surface area contributed by atoms with Crippen LogP contribution in [0, 0.1) is 0 Å². The summed E-state index contributed by atoms with van der Waals surface area (Å²) in [4.78, 5) is 31.7. The first kappa shape index (κ1) is 21.8. The van der Waals surface area contributed by atoms with E-state index in [9.17, 15) is 9.59 Å². The fourth-order valence-electron chi connectivity index (χ4n) is 3.74. The van der Waals surface area contributed by atoms with Gasteiger partial charge in [-0.1, -0.05) is 59.9 Å². The molecule has 2 heterocycles. The minimum atomic E-state index is -0.612. The first-order chi connectivity index (χ1) is 15.4. The van der Waals surface area contributed by atoms with E-state index in [4.69, 9.17) is 9.47 Å². The normalized spacial score (nSPS) is 16.0. The first-order valence-electron chi connectivity index (χ1n) is 10.3. The summed E-state index contributed by atoms with van der Waals surface area (Å²) in [6.07, 6.45) is 1.52. The second kappa shape index (κ2) is 8.96. The Balaban J connectivity index is 1.95. The number of benzene rings is 2. The quantitative estimate of drug-likeness (QED) is 0.562. The molecule has 1 atom stereocenters. The van der Waals surface area contributed by atoms with E-state index in [1.54, 1.807) is 38.5 Å². The largest absolute Gasteiger partial charge is 0.496 e. The smallest absolute Gasteiger partial charge is 0.338 e. The van der Waals surface area contributed by atoms with E-state index in [1.807, 2.05) is 54.6 Å². The Labute approximate surface area is 189 Å². The number of hydrogen-bond donors (Lipinski definition) is 0. The fraction of sp³-hybridized carbons (Fsp3) is 0.240. The van der Waals surface area contributed by atoms with Crippen LogP contribution in [0.15, 0.2) is 75.7 Å². The van der Waals surface area contributed by atoms with Crippen LogP contribution in [-0.4, -0.2) is 23.8 Å². The van der Waals surface area contributed by atoms with Gasteiger partial charge in [0.25, 0.3) is 5.56 Å². The van der Waals surface area contributed by atoms with Crippen molar-refractivity contribution < 1.29 is 14.3 Å². The zero-order valence-electron chi connectivity index (χ0n) is 18.4. The van der Waals surface area contributed by atoms with Crippen LogP contribution in [0.1, 0.15) is 37.9 Å². The van der Waals surface area contributed by atoms with E-state index < -0.39 is 12.0 Å². The Morgan fingerprint density at radius 1 is 1.12 bits per heavy atom. The highest BCUT2D eigenvalue weighted by Gasteiger charge is 2.33. The number of carbonyl (C=O) groups is 1. The molecular formula is C25H24N2O4S. The number of thiazole rings is 1. The summed E-state index contributed by atoms with van der Waals surface area (Å²) < 4.78 is 13.0. The second-order valence-corrected chi connectivity index (χ2v) is 8.70. The molecule has 32 heavy (non-hydrogen) atoms. The van der Waals surface area contributed by atoms with Crippen molar-refractivity contribution in [3.63, 3.8) is 0 Å². The minimum absolute atomic E-state index is 0.212. The predicted molar refractivity (Wildman–Crippen MR) is 124 cm³/mol. The summed E-state index contributed by atoms with van der Waals surface area (Å²) in [6, 6.07) is 16.4. The molecule has 1 aromatic heterocycles. The summed E-state index contributed by atoms with van der Waals surface area (Å²) in [6.45, 7) is 5.38. The molecule has 0 bridgehead atoms. The van der Waals surface area contributed by atoms with Crippen molar-refractivity contribution in [3.05, 3.63) is 96.7 Å². The number of esters is 1. The van der Waals surface area contributed by atoms with E-state index in [-0.39, 0.29) is 11.7 Å². The van der Waals surface area contributed by atoms with Crippen molar-refractivity contribution in [2.24, 2.45) is 4.99 Å². The third-order valence-electron chi connectivity index (χ3n) is 5.13. The molecule has 0 saturated carbocycles. The number of ether oxygens (including phenoxy) is 2. The molecule has 3 aromatic rings. The van der Waals surface area contributed by atoms with Gasteiger partial charge in [-0.25, -0.2) is 9.79 Å². The Bertz CT molecular complexity index is 1370. The maximum Gasteiger partial charge on any atom is 0.338 e. The maximum absolute atomic E-state index is 13.6. The first-order valence-corrected chi connectivity index (χ1v) is 11.1. The number of aromatic nitrogens is 1. The second-order valence-electron chi connectivity index (χ2n) is 7.69. The number of allylic oxidation sites excluding steroid dienone is 1. The SMILES string of the molecule is COc1ccccc1C=c1sc2n(c1=O)C(c1ccccc1)C(C(=O)OC(C)C)=C(C)N=2. The van der Waals surface area contributed by atoms with Crippen LogP contribution in [-0.2, 0) is 9.53 Å². The molecular weight excluding hydrogens is 424 g/mol. The van der Waals surface area contributed by atoms with Gasteiger partial charge in [0.05, 0.1) is 35.1 Å². The lowest BCUT2D eigenvalue weighted by Crippen LogP contribution is -2.40. The van der Waals surface area contributed by atoms with Gasteiger partial charge >= 0.3 is 5.97 Å². The minimum Gasteiger partial charge on any atom is -0.496 e. The van der Waals surface area contributed by atoms with Gasteiger partial charge in [-0.05, 0) is 38.5 Å². The molecule has 0 N–H and O–H groups in total. The van der Waals surface area contributed by atoms with E-state index in [0.717, 1.165) is 11.1 Å². The van der Waals surface area contributed by atoms with Gasteiger partial charge in [-0.2, -0.15) is 0 Å². The molecule has 7 heteroatoms. The lowest BCUT2D eigenvalue weighted by atomic mass is 9.96.